The van der Waals surface area contributed by atoms with E-state index in [9.17, 15) is 5.11 Å². The molecule has 84 valence electrons. The predicted molar refractivity (Wildman–Crippen MR) is 59.4 cm³/mol. The number of phenolic OH excluding ortho intramolecular Hbond substituents is 1. The summed E-state index contributed by atoms with van der Waals surface area (Å²) in [6, 6.07) is 3.61. The maximum absolute atomic E-state index is 9.94. The van der Waals surface area contributed by atoms with E-state index in [1.54, 1.807) is 6.07 Å². The molecule has 1 heterocycles. The Morgan fingerprint density at radius 1 is 1.50 bits per heavy atom. The van der Waals surface area contributed by atoms with Crippen molar-refractivity contribution < 1.29 is 14.6 Å². The van der Waals surface area contributed by atoms with Gasteiger partial charge in [-0.1, -0.05) is 12.0 Å². The van der Waals surface area contributed by atoms with E-state index in [-0.39, 0.29) is 12.5 Å². The second-order valence-corrected chi connectivity index (χ2v) is 3.68. The quantitative estimate of drug-likeness (QED) is 0.775. The molecule has 0 saturated heterocycles. The van der Waals surface area contributed by atoms with Gasteiger partial charge in [0.2, 0.25) is 12.5 Å². The van der Waals surface area contributed by atoms with Gasteiger partial charge in [-0.05, 0) is 13.1 Å². The Bertz CT molecular complexity index is 437. The average Bonchev–Trinajstić information content (AvgIpc) is 2.71. The first-order chi connectivity index (χ1) is 7.72. The molecule has 0 spiro atoms. The summed E-state index contributed by atoms with van der Waals surface area (Å²) >= 11 is 0. The van der Waals surface area contributed by atoms with Crippen LogP contribution in [0, 0.1) is 12.3 Å². The van der Waals surface area contributed by atoms with Gasteiger partial charge in [0.05, 0.1) is 6.54 Å². The molecule has 0 aromatic heterocycles. The van der Waals surface area contributed by atoms with Crippen molar-refractivity contribution in [3.8, 4) is 29.6 Å². The molecule has 1 aromatic carbocycles. The lowest BCUT2D eigenvalue weighted by atomic mass is 10.1. The number of terminal acetylenes is 1. The minimum absolute atomic E-state index is 0.138. The fraction of sp³-hybridized carbons (Fsp3) is 0.333. The molecule has 2 rings (SSSR count). The van der Waals surface area contributed by atoms with E-state index in [0.717, 1.165) is 5.56 Å². The first-order valence-electron chi connectivity index (χ1n) is 4.95. The number of hydrogen-bond acceptors (Lipinski definition) is 4. The second-order valence-electron chi connectivity index (χ2n) is 3.68. The van der Waals surface area contributed by atoms with E-state index >= 15 is 0 Å². The molecule has 0 fully saturated rings. The number of hydrogen-bond donors (Lipinski definition) is 1. The lowest BCUT2D eigenvalue weighted by Gasteiger charge is -2.14. The van der Waals surface area contributed by atoms with Crippen LogP contribution in [-0.4, -0.2) is 30.4 Å². The smallest absolute Gasteiger partial charge is 0.231 e. The molecule has 4 heteroatoms. The van der Waals surface area contributed by atoms with E-state index < -0.39 is 0 Å². The van der Waals surface area contributed by atoms with E-state index in [1.807, 2.05) is 18.0 Å². The van der Waals surface area contributed by atoms with Gasteiger partial charge in [0.15, 0.2) is 11.5 Å². The number of nitrogens with zero attached hydrogens (tertiary/aromatic N) is 1. The van der Waals surface area contributed by atoms with Crippen LogP contribution in [0.3, 0.4) is 0 Å². The Hall–Kier alpha value is -1.86. The van der Waals surface area contributed by atoms with Gasteiger partial charge >= 0.3 is 0 Å². The van der Waals surface area contributed by atoms with Gasteiger partial charge < -0.3 is 14.6 Å². The van der Waals surface area contributed by atoms with Crippen LogP contribution in [0.1, 0.15) is 5.56 Å². The predicted octanol–water partition coefficient (Wildman–Crippen LogP) is 1.19. The van der Waals surface area contributed by atoms with Crippen molar-refractivity contribution in [1.82, 2.24) is 4.90 Å². The van der Waals surface area contributed by atoms with Crippen molar-refractivity contribution in [2.75, 3.05) is 20.4 Å². The second kappa shape index (κ2) is 4.33. The molecule has 0 aliphatic carbocycles. The van der Waals surface area contributed by atoms with Crippen molar-refractivity contribution in [3.05, 3.63) is 17.7 Å². The summed E-state index contributed by atoms with van der Waals surface area (Å²) in [6.45, 7) is 1.27. The third-order valence-corrected chi connectivity index (χ3v) is 2.40. The fourth-order valence-electron chi connectivity index (χ4n) is 1.63. The molecule has 0 radical (unpaired) electrons. The van der Waals surface area contributed by atoms with Crippen molar-refractivity contribution in [1.29, 1.82) is 0 Å². The van der Waals surface area contributed by atoms with Gasteiger partial charge in [0.1, 0.15) is 0 Å². The zero-order valence-corrected chi connectivity index (χ0v) is 9.06. The Kier molecular flexibility index (Phi) is 2.88. The Morgan fingerprint density at radius 2 is 2.31 bits per heavy atom. The van der Waals surface area contributed by atoms with E-state index in [2.05, 4.69) is 5.92 Å². The normalized spacial score (nSPS) is 12.8. The van der Waals surface area contributed by atoms with Gasteiger partial charge in [-0.3, -0.25) is 4.90 Å². The lowest BCUT2D eigenvalue weighted by Crippen LogP contribution is -2.17. The van der Waals surface area contributed by atoms with Gasteiger partial charge in [0.25, 0.3) is 0 Å². The first kappa shape index (κ1) is 10.7. The molecule has 0 unspecified atom stereocenters. The highest BCUT2D eigenvalue weighted by atomic mass is 16.7. The Balaban J connectivity index is 2.20. The van der Waals surface area contributed by atoms with Crippen molar-refractivity contribution in [3.63, 3.8) is 0 Å². The summed E-state index contributed by atoms with van der Waals surface area (Å²) in [4.78, 5) is 1.93. The molecule has 0 bridgehead atoms. The summed E-state index contributed by atoms with van der Waals surface area (Å²) in [5.74, 6) is 3.69. The van der Waals surface area contributed by atoms with Crippen LogP contribution in [0.5, 0.6) is 17.2 Å². The van der Waals surface area contributed by atoms with Gasteiger partial charge in [-0.15, -0.1) is 6.42 Å². The number of phenols is 1. The highest BCUT2D eigenvalue weighted by Gasteiger charge is 2.20. The SMILES string of the molecule is C#CCN(C)Cc1ccc2c(c1O)OCO2. The first-order valence-corrected chi connectivity index (χ1v) is 4.95. The highest BCUT2D eigenvalue weighted by Crippen LogP contribution is 2.42. The van der Waals surface area contributed by atoms with Crippen LogP contribution in [0.2, 0.25) is 0 Å². The molecular weight excluding hydrogens is 206 g/mol. The molecule has 0 amide bonds. The zero-order valence-electron chi connectivity index (χ0n) is 9.06. The van der Waals surface area contributed by atoms with Crippen LogP contribution in [-0.2, 0) is 6.54 Å². The monoisotopic (exact) mass is 219 g/mol. The van der Waals surface area contributed by atoms with Gasteiger partial charge in [-0.25, -0.2) is 0 Å². The number of rotatable bonds is 3. The Morgan fingerprint density at radius 3 is 3.06 bits per heavy atom. The maximum Gasteiger partial charge on any atom is 0.231 e. The number of ether oxygens (including phenoxy) is 2. The van der Waals surface area contributed by atoms with Crippen LogP contribution in [0.4, 0.5) is 0 Å². The number of aromatic hydroxyl groups is 1. The van der Waals surface area contributed by atoms with Crippen LogP contribution >= 0.6 is 0 Å². The van der Waals surface area contributed by atoms with Crippen molar-refractivity contribution in [2.24, 2.45) is 0 Å². The molecule has 1 N–H and O–H groups in total. The largest absolute Gasteiger partial charge is 0.504 e. The average molecular weight is 219 g/mol. The third kappa shape index (κ3) is 1.90. The molecular formula is C12H13NO3. The maximum atomic E-state index is 9.94. The number of fused-ring (bicyclic) bond motifs is 1. The molecule has 0 atom stereocenters. The zero-order chi connectivity index (χ0) is 11.5. The van der Waals surface area contributed by atoms with E-state index in [4.69, 9.17) is 15.9 Å². The summed E-state index contributed by atoms with van der Waals surface area (Å²) < 4.78 is 10.3. The van der Waals surface area contributed by atoms with E-state index in [1.165, 1.54) is 0 Å². The molecule has 16 heavy (non-hydrogen) atoms. The summed E-state index contributed by atoms with van der Waals surface area (Å²) in [6.07, 6.45) is 5.21. The van der Waals surface area contributed by atoms with Crippen LogP contribution in [0.25, 0.3) is 0 Å². The number of benzene rings is 1. The molecule has 1 aliphatic heterocycles. The standard InChI is InChI=1S/C12H13NO3/c1-3-6-13(2)7-9-4-5-10-12(11(9)14)16-8-15-10/h1,4-5,14H,6-8H2,2H3. The molecule has 4 nitrogen and oxygen atoms in total. The summed E-state index contributed by atoms with van der Waals surface area (Å²) in [5, 5.41) is 9.94. The minimum atomic E-state index is 0.138. The molecule has 1 aliphatic rings. The van der Waals surface area contributed by atoms with Crippen LogP contribution < -0.4 is 9.47 Å². The van der Waals surface area contributed by atoms with Crippen molar-refractivity contribution in [2.45, 2.75) is 6.54 Å². The molecule has 0 saturated carbocycles. The molecule has 1 aromatic rings. The summed E-state index contributed by atoms with van der Waals surface area (Å²) in [5.41, 5.74) is 0.780. The van der Waals surface area contributed by atoms with Gasteiger partial charge in [0, 0.05) is 12.1 Å². The topological polar surface area (TPSA) is 41.9 Å². The Labute approximate surface area is 94.4 Å². The van der Waals surface area contributed by atoms with E-state index in [0.29, 0.717) is 24.6 Å². The summed E-state index contributed by atoms with van der Waals surface area (Å²) in [7, 11) is 1.89. The highest BCUT2D eigenvalue weighted by molar-refractivity contribution is 5.55. The lowest BCUT2D eigenvalue weighted by molar-refractivity contribution is 0.171. The van der Waals surface area contributed by atoms with Crippen LogP contribution in [0.15, 0.2) is 12.1 Å². The minimum Gasteiger partial charge on any atom is -0.504 e. The third-order valence-electron chi connectivity index (χ3n) is 2.40. The van der Waals surface area contributed by atoms with Gasteiger partial charge in [-0.2, -0.15) is 0 Å². The fourth-order valence-corrected chi connectivity index (χ4v) is 1.63. The van der Waals surface area contributed by atoms with Crippen molar-refractivity contribution >= 4 is 0 Å².